The van der Waals surface area contributed by atoms with E-state index in [1.807, 2.05) is 18.2 Å². The molecule has 1 aliphatic rings. The van der Waals surface area contributed by atoms with Crippen LogP contribution in [0.25, 0.3) is 0 Å². The highest BCUT2D eigenvalue weighted by Gasteiger charge is 2.19. The van der Waals surface area contributed by atoms with Gasteiger partial charge in [-0.1, -0.05) is 31.0 Å². The number of amidine groups is 1. The molecule has 0 aromatic heterocycles. The summed E-state index contributed by atoms with van der Waals surface area (Å²) in [5, 5.41) is 10.5. The first-order valence-electron chi connectivity index (χ1n) is 7.01. The molecule has 108 valence electrons. The van der Waals surface area contributed by atoms with Crippen molar-refractivity contribution in [2.75, 3.05) is 7.05 Å². The van der Waals surface area contributed by atoms with E-state index in [-0.39, 0.29) is 11.9 Å². The van der Waals surface area contributed by atoms with Gasteiger partial charge in [-0.05, 0) is 24.5 Å². The number of carbonyl (C=O) groups is 1. The second-order valence-electron chi connectivity index (χ2n) is 5.40. The first-order valence-corrected chi connectivity index (χ1v) is 7.01. The summed E-state index contributed by atoms with van der Waals surface area (Å²) in [6, 6.07) is 7.73. The first kappa shape index (κ1) is 14.4. The molecule has 0 spiro atoms. The van der Waals surface area contributed by atoms with Crippen molar-refractivity contribution in [1.82, 2.24) is 10.2 Å². The normalized spacial score (nSPS) is 15.1. The van der Waals surface area contributed by atoms with Crippen LogP contribution >= 0.6 is 0 Å². The highest BCUT2D eigenvalue weighted by atomic mass is 16.2. The lowest BCUT2D eigenvalue weighted by molar-refractivity contribution is 0.203. The van der Waals surface area contributed by atoms with E-state index in [2.05, 4.69) is 5.32 Å². The van der Waals surface area contributed by atoms with Gasteiger partial charge in [-0.3, -0.25) is 5.41 Å². The summed E-state index contributed by atoms with van der Waals surface area (Å²) < 4.78 is 0. The van der Waals surface area contributed by atoms with E-state index in [9.17, 15) is 4.79 Å². The number of carbonyl (C=O) groups excluding carboxylic acids is 1. The third kappa shape index (κ3) is 3.73. The van der Waals surface area contributed by atoms with Gasteiger partial charge in [0.05, 0.1) is 0 Å². The standard InChI is InChI=1S/C15H22N4O/c1-19(15(20)18-13-7-2-3-8-13)10-11-5-4-6-12(9-11)14(16)17/h4-6,9,13H,2-3,7-8,10H2,1H3,(H3,16,17)(H,18,20). The van der Waals surface area contributed by atoms with E-state index in [0.29, 0.717) is 18.2 Å². The highest BCUT2D eigenvalue weighted by molar-refractivity contribution is 5.95. The summed E-state index contributed by atoms with van der Waals surface area (Å²) in [6.07, 6.45) is 4.57. The number of hydrogen-bond acceptors (Lipinski definition) is 2. The Labute approximate surface area is 119 Å². The average molecular weight is 274 g/mol. The summed E-state index contributed by atoms with van der Waals surface area (Å²) in [5.41, 5.74) is 7.13. The minimum atomic E-state index is -0.0369. The van der Waals surface area contributed by atoms with Gasteiger partial charge in [0.25, 0.3) is 0 Å². The summed E-state index contributed by atoms with van der Waals surface area (Å²) in [4.78, 5) is 13.7. The van der Waals surface area contributed by atoms with E-state index >= 15 is 0 Å². The number of urea groups is 1. The number of nitrogens with zero attached hydrogens (tertiary/aromatic N) is 1. The molecule has 1 aliphatic carbocycles. The van der Waals surface area contributed by atoms with Gasteiger partial charge in [0.1, 0.15) is 5.84 Å². The van der Waals surface area contributed by atoms with Crippen molar-refractivity contribution in [2.24, 2.45) is 5.73 Å². The molecule has 5 nitrogen and oxygen atoms in total. The maximum absolute atomic E-state index is 12.1. The third-order valence-corrected chi connectivity index (χ3v) is 3.69. The van der Waals surface area contributed by atoms with Crippen LogP contribution in [-0.2, 0) is 6.54 Å². The largest absolute Gasteiger partial charge is 0.384 e. The van der Waals surface area contributed by atoms with E-state index in [0.717, 1.165) is 18.4 Å². The predicted molar refractivity (Wildman–Crippen MR) is 79.7 cm³/mol. The van der Waals surface area contributed by atoms with Crippen LogP contribution in [0.1, 0.15) is 36.8 Å². The van der Waals surface area contributed by atoms with Crippen molar-refractivity contribution in [3.63, 3.8) is 0 Å². The van der Waals surface area contributed by atoms with Gasteiger partial charge in [-0.25, -0.2) is 4.79 Å². The van der Waals surface area contributed by atoms with Gasteiger partial charge < -0.3 is 16.0 Å². The fourth-order valence-corrected chi connectivity index (χ4v) is 2.54. The molecule has 0 saturated heterocycles. The van der Waals surface area contributed by atoms with Crippen LogP contribution in [0, 0.1) is 5.41 Å². The van der Waals surface area contributed by atoms with Crippen molar-refractivity contribution in [2.45, 2.75) is 38.3 Å². The molecule has 2 amide bonds. The maximum Gasteiger partial charge on any atom is 0.317 e. The summed E-state index contributed by atoms with van der Waals surface area (Å²) >= 11 is 0. The maximum atomic E-state index is 12.1. The van der Waals surface area contributed by atoms with Gasteiger partial charge in [-0.2, -0.15) is 0 Å². The van der Waals surface area contributed by atoms with E-state index in [4.69, 9.17) is 11.1 Å². The lowest BCUT2D eigenvalue weighted by Crippen LogP contribution is -2.41. The molecular formula is C15H22N4O. The molecule has 0 heterocycles. The van der Waals surface area contributed by atoms with E-state index < -0.39 is 0 Å². The molecule has 5 heteroatoms. The molecule has 0 bridgehead atoms. The average Bonchev–Trinajstić information content (AvgIpc) is 2.91. The number of nitrogen functional groups attached to an aromatic ring is 1. The predicted octanol–water partition coefficient (Wildman–Crippen LogP) is 2.05. The van der Waals surface area contributed by atoms with Crippen LogP contribution in [0.15, 0.2) is 24.3 Å². The van der Waals surface area contributed by atoms with Crippen LogP contribution in [-0.4, -0.2) is 29.9 Å². The van der Waals surface area contributed by atoms with Crippen molar-refractivity contribution in [1.29, 1.82) is 5.41 Å². The van der Waals surface area contributed by atoms with Gasteiger partial charge >= 0.3 is 6.03 Å². The molecule has 2 rings (SSSR count). The molecule has 0 unspecified atom stereocenters. The molecule has 1 aromatic carbocycles. The Morgan fingerprint density at radius 1 is 1.45 bits per heavy atom. The Balaban J connectivity index is 1.92. The van der Waals surface area contributed by atoms with Crippen LogP contribution in [0.4, 0.5) is 4.79 Å². The van der Waals surface area contributed by atoms with Gasteiger partial charge in [0, 0.05) is 25.2 Å². The fourth-order valence-electron chi connectivity index (χ4n) is 2.54. The topological polar surface area (TPSA) is 82.2 Å². The summed E-state index contributed by atoms with van der Waals surface area (Å²) in [5.74, 6) is 0.0462. The van der Waals surface area contributed by atoms with Gasteiger partial charge in [-0.15, -0.1) is 0 Å². The Hall–Kier alpha value is -2.04. The lowest BCUT2D eigenvalue weighted by Gasteiger charge is -2.21. The molecule has 20 heavy (non-hydrogen) atoms. The Bertz CT molecular complexity index is 494. The van der Waals surface area contributed by atoms with Gasteiger partial charge in [0.15, 0.2) is 0 Å². The van der Waals surface area contributed by atoms with Crippen LogP contribution in [0.5, 0.6) is 0 Å². The number of hydrogen-bond donors (Lipinski definition) is 3. The molecule has 1 saturated carbocycles. The molecular weight excluding hydrogens is 252 g/mol. The first-order chi connectivity index (χ1) is 9.56. The second kappa shape index (κ2) is 6.41. The Morgan fingerprint density at radius 3 is 2.80 bits per heavy atom. The molecule has 1 fully saturated rings. The SMILES string of the molecule is CN(Cc1cccc(C(=N)N)c1)C(=O)NC1CCCC1. The zero-order valence-electron chi connectivity index (χ0n) is 11.9. The second-order valence-corrected chi connectivity index (χ2v) is 5.40. The number of nitrogens with one attached hydrogen (secondary N) is 2. The fraction of sp³-hybridized carbons (Fsp3) is 0.467. The Kier molecular flexibility index (Phi) is 4.61. The van der Waals surface area contributed by atoms with E-state index in [1.54, 1.807) is 18.0 Å². The third-order valence-electron chi connectivity index (χ3n) is 3.69. The van der Waals surface area contributed by atoms with Crippen molar-refractivity contribution >= 4 is 11.9 Å². The molecule has 0 aliphatic heterocycles. The lowest BCUT2D eigenvalue weighted by atomic mass is 10.1. The minimum Gasteiger partial charge on any atom is -0.384 e. The zero-order chi connectivity index (χ0) is 14.5. The van der Waals surface area contributed by atoms with Crippen molar-refractivity contribution in [3.8, 4) is 0 Å². The zero-order valence-corrected chi connectivity index (χ0v) is 11.9. The number of benzene rings is 1. The van der Waals surface area contributed by atoms with Crippen molar-refractivity contribution in [3.05, 3.63) is 35.4 Å². The van der Waals surface area contributed by atoms with Crippen molar-refractivity contribution < 1.29 is 4.79 Å². The summed E-state index contributed by atoms with van der Waals surface area (Å²) in [6.45, 7) is 0.514. The minimum absolute atomic E-state index is 0.0369. The molecule has 0 atom stereocenters. The van der Waals surface area contributed by atoms with E-state index in [1.165, 1.54) is 12.8 Å². The molecule has 4 N–H and O–H groups in total. The summed E-state index contributed by atoms with van der Waals surface area (Å²) in [7, 11) is 1.78. The Morgan fingerprint density at radius 2 is 2.15 bits per heavy atom. The molecule has 0 radical (unpaired) electrons. The van der Waals surface area contributed by atoms with Crippen LogP contribution < -0.4 is 11.1 Å². The van der Waals surface area contributed by atoms with Crippen LogP contribution in [0.3, 0.4) is 0 Å². The quantitative estimate of drug-likeness (QED) is 0.580. The molecule has 1 aromatic rings. The smallest absolute Gasteiger partial charge is 0.317 e. The highest BCUT2D eigenvalue weighted by Crippen LogP contribution is 2.18. The number of rotatable bonds is 4. The van der Waals surface area contributed by atoms with Gasteiger partial charge in [0.2, 0.25) is 0 Å². The monoisotopic (exact) mass is 274 g/mol. The number of nitrogens with two attached hydrogens (primary N) is 1. The number of amides is 2. The van der Waals surface area contributed by atoms with Crippen LogP contribution in [0.2, 0.25) is 0 Å².